The summed E-state index contributed by atoms with van der Waals surface area (Å²) in [7, 11) is 0. The molecule has 1 saturated carbocycles. The zero-order chi connectivity index (χ0) is 25.5. The summed E-state index contributed by atoms with van der Waals surface area (Å²) < 4.78 is 14.4. The second-order valence-electron chi connectivity index (χ2n) is 9.57. The lowest BCUT2D eigenvalue weighted by Crippen LogP contribution is -2.47. The van der Waals surface area contributed by atoms with Crippen molar-refractivity contribution in [3.8, 4) is 0 Å². The number of anilines is 2. The smallest absolute Gasteiger partial charge is 0.300 e. The molecule has 1 atom stereocenters. The molecule has 186 valence electrons. The van der Waals surface area contributed by atoms with E-state index in [-0.39, 0.29) is 23.2 Å². The number of carbonyl (C=O) groups is 3. The van der Waals surface area contributed by atoms with Crippen molar-refractivity contribution in [1.82, 2.24) is 9.97 Å². The number of carbonyl (C=O) groups excluding carboxylic acids is 3. The summed E-state index contributed by atoms with van der Waals surface area (Å²) in [5.41, 5.74) is 2.33. The van der Waals surface area contributed by atoms with Gasteiger partial charge in [0.25, 0.3) is 17.6 Å². The number of benzene rings is 2. The molecule has 2 aromatic carbocycles. The maximum Gasteiger partial charge on any atom is 0.300 e. The van der Waals surface area contributed by atoms with Crippen LogP contribution in [0.2, 0.25) is 0 Å². The molecule has 3 heterocycles. The van der Waals surface area contributed by atoms with Gasteiger partial charge in [-0.2, -0.15) is 0 Å². The highest BCUT2D eigenvalue weighted by Gasteiger charge is 2.47. The Morgan fingerprint density at radius 3 is 2.65 bits per heavy atom. The number of halogens is 1. The Balaban J connectivity index is 1.47. The third kappa shape index (κ3) is 3.89. The first kappa shape index (κ1) is 23.1. The van der Waals surface area contributed by atoms with Crippen molar-refractivity contribution >= 4 is 39.9 Å². The van der Waals surface area contributed by atoms with Crippen molar-refractivity contribution in [3.63, 3.8) is 0 Å². The normalized spacial score (nSPS) is 17.7. The largest absolute Gasteiger partial charge is 0.360 e. The molecule has 2 aliphatic rings. The second kappa shape index (κ2) is 9.28. The van der Waals surface area contributed by atoms with Crippen molar-refractivity contribution in [1.29, 1.82) is 0 Å². The Labute approximate surface area is 212 Å². The van der Waals surface area contributed by atoms with Gasteiger partial charge < -0.3 is 9.88 Å². The molecule has 4 aromatic rings. The summed E-state index contributed by atoms with van der Waals surface area (Å²) >= 11 is 0. The van der Waals surface area contributed by atoms with E-state index in [1.807, 2.05) is 18.2 Å². The van der Waals surface area contributed by atoms with Gasteiger partial charge in [0.05, 0.1) is 5.56 Å². The quantitative estimate of drug-likeness (QED) is 0.299. The molecule has 1 aliphatic heterocycles. The molecule has 1 N–H and O–H groups in total. The molecule has 37 heavy (non-hydrogen) atoms. The Hall–Kier alpha value is -4.33. The lowest BCUT2D eigenvalue weighted by molar-refractivity contribution is -0.123. The number of hydrogen-bond donors (Lipinski definition) is 1. The van der Waals surface area contributed by atoms with E-state index in [1.165, 1.54) is 30.6 Å². The zero-order valence-corrected chi connectivity index (χ0v) is 20.1. The number of nitrogens with zero attached hydrogens (tertiary/aromatic N) is 3. The second-order valence-corrected chi connectivity index (χ2v) is 9.57. The van der Waals surface area contributed by atoms with Crippen LogP contribution in [0.25, 0.3) is 10.9 Å². The number of aromatic nitrogens is 2. The monoisotopic (exact) mass is 496 g/mol. The van der Waals surface area contributed by atoms with Crippen LogP contribution in [0.5, 0.6) is 0 Å². The molecule has 6 rings (SSSR count). The fourth-order valence-electron chi connectivity index (χ4n) is 5.67. The molecular weight excluding hydrogens is 471 g/mol. The molecule has 0 radical (unpaired) electrons. The summed E-state index contributed by atoms with van der Waals surface area (Å²) in [6.07, 6.45) is 9.51. The van der Waals surface area contributed by atoms with Crippen LogP contribution < -0.4 is 9.80 Å². The number of pyridine rings is 1. The van der Waals surface area contributed by atoms with E-state index < -0.39 is 23.5 Å². The lowest BCUT2D eigenvalue weighted by Gasteiger charge is -2.33. The van der Waals surface area contributed by atoms with Gasteiger partial charge in [0, 0.05) is 52.5 Å². The van der Waals surface area contributed by atoms with E-state index in [2.05, 4.69) is 9.97 Å². The standard InChI is InChI=1S/C29H25FN4O3/c30-18-7-6-10-20(15-18)34(29(37)27(35)23-17-32-24-13-14-31-16-22(23)24)26-21-11-4-5-12-25(21)33(28(26)36)19-8-2-1-3-9-19/h4-7,10-17,19,26,32H,1-3,8-9H2. The highest BCUT2D eigenvalue weighted by atomic mass is 19.1. The van der Waals surface area contributed by atoms with Gasteiger partial charge in [-0.3, -0.25) is 24.3 Å². The number of Topliss-reactive ketones (excluding diaryl/α,β-unsaturated/α-hetero) is 1. The highest BCUT2D eigenvalue weighted by molar-refractivity contribution is 6.49. The highest BCUT2D eigenvalue weighted by Crippen LogP contribution is 2.44. The Morgan fingerprint density at radius 2 is 1.84 bits per heavy atom. The first-order valence-corrected chi connectivity index (χ1v) is 12.5. The molecule has 0 spiro atoms. The molecule has 1 aliphatic carbocycles. The van der Waals surface area contributed by atoms with Crippen LogP contribution in [-0.2, 0) is 9.59 Å². The van der Waals surface area contributed by atoms with Crippen LogP contribution in [-0.4, -0.2) is 33.6 Å². The van der Waals surface area contributed by atoms with Gasteiger partial charge in [-0.25, -0.2) is 4.39 Å². The molecule has 1 unspecified atom stereocenters. The summed E-state index contributed by atoms with van der Waals surface area (Å²) in [6.45, 7) is 0. The maximum absolute atomic E-state index is 14.4. The molecule has 2 amide bonds. The van der Waals surface area contributed by atoms with Crippen molar-refractivity contribution in [3.05, 3.63) is 90.1 Å². The number of amides is 2. The van der Waals surface area contributed by atoms with Gasteiger partial charge in [-0.1, -0.05) is 43.5 Å². The molecular formula is C29H25FN4O3. The SMILES string of the molecule is O=C(C(=O)N(c1cccc(F)c1)C1C(=O)N(C2CCCCC2)c2ccccc21)c1c[nH]c2ccncc12. The Morgan fingerprint density at radius 1 is 1.03 bits per heavy atom. The Bertz CT molecular complexity index is 1520. The number of aromatic amines is 1. The third-order valence-corrected chi connectivity index (χ3v) is 7.39. The fraction of sp³-hybridized carbons (Fsp3) is 0.241. The summed E-state index contributed by atoms with van der Waals surface area (Å²) in [5.74, 6) is -2.56. The Kier molecular flexibility index (Phi) is 5.79. The lowest BCUT2D eigenvalue weighted by atomic mass is 9.94. The molecule has 0 saturated heterocycles. The van der Waals surface area contributed by atoms with Crippen LogP contribution in [0.3, 0.4) is 0 Å². The maximum atomic E-state index is 14.4. The first-order valence-electron chi connectivity index (χ1n) is 12.5. The van der Waals surface area contributed by atoms with E-state index in [4.69, 9.17) is 0 Å². The predicted molar refractivity (Wildman–Crippen MR) is 138 cm³/mol. The van der Waals surface area contributed by atoms with E-state index in [1.54, 1.807) is 29.3 Å². The van der Waals surface area contributed by atoms with E-state index in [0.29, 0.717) is 16.5 Å². The summed E-state index contributed by atoms with van der Waals surface area (Å²) in [5, 5.41) is 0.502. The minimum absolute atomic E-state index is 0.0206. The van der Waals surface area contributed by atoms with Crippen molar-refractivity contribution in [2.45, 2.75) is 44.2 Å². The number of nitrogens with one attached hydrogen (secondary N) is 1. The van der Waals surface area contributed by atoms with Crippen LogP contribution in [0.4, 0.5) is 15.8 Å². The fourth-order valence-corrected chi connectivity index (χ4v) is 5.67. The number of para-hydroxylation sites is 1. The van der Waals surface area contributed by atoms with Crippen LogP contribution in [0.1, 0.15) is 54.1 Å². The van der Waals surface area contributed by atoms with Gasteiger partial charge in [-0.05, 0) is 43.2 Å². The molecule has 0 bridgehead atoms. The minimum Gasteiger partial charge on any atom is -0.360 e. The number of H-pyrrole nitrogens is 1. The van der Waals surface area contributed by atoms with Crippen molar-refractivity contribution in [2.24, 2.45) is 0 Å². The third-order valence-electron chi connectivity index (χ3n) is 7.39. The first-order chi connectivity index (χ1) is 18.0. The zero-order valence-electron chi connectivity index (χ0n) is 20.1. The van der Waals surface area contributed by atoms with Gasteiger partial charge in [0.15, 0.2) is 0 Å². The number of rotatable bonds is 5. The van der Waals surface area contributed by atoms with Crippen LogP contribution >= 0.6 is 0 Å². The minimum atomic E-state index is -1.08. The van der Waals surface area contributed by atoms with Crippen LogP contribution in [0, 0.1) is 5.82 Å². The van der Waals surface area contributed by atoms with E-state index in [0.717, 1.165) is 42.7 Å². The average molecular weight is 497 g/mol. The van der Waals surface area contributed by atoms with Gasteiger partial charge in [0.2, 0.25) is 0 Å². The number of hydrogen-bond acceptors (Lipinski definition) is 4. The van der Waals surface area contributed by atoms with E-state index >= 15 is 0 Å². The van der Waals surface area contributed by atoms with Crippen molar-refractivity contribution in [2.75, 3.05) is 9.80 Å². The van der Waals surface area contributed by atoms with Gasteiger partial charge in [-0.15, -0.1) is 0 Å². The van der Waals surface area contributed by atoms with Gasteiger partial charge >= 0.3 is 0 Å². The molecule has 7 nitrogen and oxygen atoms in total. The summed E-state index contributed by atoms with van der Waals surface area (Å²) in [4.78, 5) is 51.7. The molecule has 2 aromatic heterocycles. The topological polar surface area (TPSA) is 86.4 Å². The predicted octanol–water partition coefficient (Wildman–Crippen LogP) is 5.34. The number of fused-ring (bicyclic) bond motifs is 2. The molecule has 1 fully saturated rings. The van der Waals surface area contributed by atoms with Crippen molar-refractivity contribution < 1.29 is 18.8 Å². The number of ketones is 1. The molecule has 8 heteroatoms. The van der Waals surface area contributed by atoms with E-state index in [9.17, 15) is 18.8 Å². The van der Waals surface area contributed by atoms with Gasteiger partial charge in [0.1, 0.15) is 11.9 Å². The summed E-state index contributed by atoms with van der Waals surface area (Å²) in [6, 6.07) is 13.5. The van der Waals surface area contributed by atoms with Crippen LogP contribution in [0.15, 0.2) is 73.2 Å². The average Bonchev–Trinajstić information content (AvgIpc) is 3.48.